The second-order valence-corrected chi connectivity index (χ2v) is 7.50. The van der Waals surface area contributed by atoms with Crippen LogP contribution in [0.5, 0.6) is 0 Å². The van der Waals surface area contributed by atoms with Crippen molar-refractivity contribution in [2.24, 2.45) is 4.99 Å². The monoisotopic (exact) mass is 339 g/mol. The van der Waals surface area contributed by atoms with E-state index in [9.17, 15) is 0 Å². The maximum absolute atomic E-state index is 5.14. The standard InChI is InChI=1S/C25H25N/c1-19-8-12-21(13-9-19)18-24(26-23-14-10-20(2)11-15-23)25(16-17-25)22-6-4-3-5-7-22/h3-15H,16-18H2,1-2H3. The van der Waals surface area contributed by atoms with Crippen LogP contribution in [-0.2, 0) is 11.8 Å². The molecule has 1 fully saturated rings. The maximum atomic E-state index is 5.14. The van der Waals surface area contributed by atoms with Gasteiger partial charge in [0.25, 0.3) is 0 Å². The predicted molar refractivity (Wildman–Crippen MR) is 111 cm³/mol. The van der Waals surface area contributed by atoms with Crippen LogP contribution in [0.15, 0.2) is 83.9 Å². The van der Waals surface area contributed by atoms with Crippen LogP contribution in [0.1, 0.15) is 35.1 Å². The van der Waals surface area contributed by atoms with E-state index in [0.717, 1.165) is 12.1 Å². The zero-order chi connectivity index (χ0) is 18.0. The molecule has 0 aliphatic heterocycles. The molecule has 0 unspecified atom stereocenters. The minimum absolute atomic E-state index is 0.108. The van der Waals surface area contributed by atoms with E-state index in [-0.39, 0.29) is 5.41 Å². The Morgan fingerprint density at radius 2 is 1.35 bits per heavy atom. The fraction of sp³-hybridized carbons (Fsp3) is 0.240. The summed E-state index contributed by atoms with van der Waals surface area (Å²) >= 11 is 0. The van der Waals surface area contributed by atoms with Gasteiger partial charge in [0.15, 0.2) is 0 Å². The van der Waals surface area contributed by atoms with Crippen molar-refractivity contribution in [2.45, 2.75) is 38.5 Å². The molecule has 0 saturated heterocycles. The van der Waals surface area contributed by atoms with E-state index >= 15 is 0 Å². The number of benzene rings is 3. The van der Waals surface area contributed by atoms with Crippen LogP contribution in [0.2, 0.25) is 0 Å². The van der Waals surface area contributed by atoms with Gasteiger partial charge in [-0.05, 0) is 49.9 Å². The van der Waals surface area contributed by atoms with Crippen molar-refractivity contribution in [1.82, 2.24) is 0 Å². The Morgan fingerprint density at radius 1 is 0.769 bits per heavy atom. The van der Waals surface area contributed by atoms with Gasteiger partial charge < -0.3 is 0 Å². The molecule has 0 heterocycles. The van der Waals surface area contributed by atoms with Crippen LogP contribution in [0.4, 0.5) is 5.69 Å². The number of rotatable bonds is 5. The van der Waals surface area contributed by atoms with Gasteiger partial charge in [0.1, 0.15) is 0 Å². The summed E-state index contributed by atoms with van der Waals surface area (Å²) in [5.74, 6) is 0. The second kappa shape index (κ2) is 6.92. The van der Waals surface area contributed by atoms with Gasteiger partial charge in [-0.25, -0.2) is 0 Å². The molecular weight excluding hydrogens is 314 g/mol. The topological polar surface area (TPSA) is 12.4 Å². The summed E-state index contributed by atoms with van der Waals surface area (Å²) in [5, 5.41) is 0. The first-order valence-corrected chi connectivity index (χ1v) is 9.41. The predicted octanol–water partition coefficient (Wildman–Crippen LogP) is 6.35. The van der Waals surface area contributed by atoms with Crippen LogP contribution in [0.25, 0.3) is 0 Å². The lowest BCUT2D eigenvalue weighted by atomic mass is 9.87. The zero-order valence-corrected chi connectivity index (χ0v) is 15.6. The Bertz CT molecular complexity index is 899. The first kappa shape index (κ1) is 16.8. The fourth-order valence-corrected chi connectivity index (χ4v) is 3.62. The van der Waals surface area contributed by atoms with Crippen LogP contribution >= 0.6 is 0 Å². The van der Waals surface area contributed by atoms with Crippen molar-refractivity contribution >= 4 is 11.4 Å². The SMILES string of the molecule is Cc1ccc(CC(=Nc2ccc(C)cc2)C2(c3ccccc3)CC2)cc1. The number of aliphatic imine (C=N–C) groups is 1. The summed E-state index contributed by atoms with van der Waals surface area (Å²) in [5.41, 5.74) is 7.76. The number of aryl methyl sites for hydroxylation is 2. The lowest BCUT2D eigenvalue weighted by molar-refractivity contribution is 0.919. The molecule has 1 heteroatoms. The smallest absolute Gasteiger partial charge is 0.0629 e. The Hall–Kier alpha value is -2.67. The molecule has 1 nitrogen and oxygen atoms in total. The maximum Gasteiger partial charge on any atom is 0.0629 e. The molecule has 1 aliphatic rings. The quantitative estimate of drug-likeness (QED) is 0.480. The average Bonchev–Trinajstić information content (AvgIpc) is 3.47. The van der Waals surface area contributed by atoms with Crippen molar-refractivity contribution in [1.29, 1.82) is 0 Å². The summed E-state index contributed by atoms with van der Waals surface area (Å²) in [6.45, 7) is 4.25. The average molecular weight is 339 g/mol. The van der Waals surface area contributed by atoms with E-state index in [0.29, 0.717) is 0 Å². The first-order chi connectivity index (χ1) is 12.7. The van der Waals surface area contributed by atoms with E-state index in [4.69, 9.17) is 4.99 Å². The van der Waals surface area contributed by atoms with E-state index in [1.807, 2.05) is 0 Å². The highest BCUT2D eigenvalue weighted by Gasteiger charge is 2.48. The number of hydrogen-bond donors (Lipinski definition) is 0. The van der Waals surface area contributed by atoms with Crippen molar-refractivity contribution in [3.63, 3.8) is 0 Å². The third kappa shape index (κ3) is 3.48. The van der Waals surface area contributed by atoms with Gasteiger partial charge in [-0.2, -0.15) is 0 Å². The Balaban J connectivity index is 1.74. The molecule has 1 saturated carbocycles. The van der Waals surface area contributed by atoms with Gasteiger partial charge in [-0.3, -0.25) is 4.99 Å². The number of hydrogen-bond acceptors (Lipinski definition) is 1. The summed E-state index contributed by atoms with van der Waals surface area (Å²) in [6, 6.07) is 28.3. The molecule has 0 atom stereocenters. The third-order valence-electron chi connectivity index (χ3n) is 5.42. The van der Waals surface area contributed by atoms with E-state index < -0.39 is 0 Å². The van der Waals surface area contributed by atoms with E-state index in [1.165, 1.54) is 40.8 Å². The lowest BCUT2D eigenvalue weighted by Gasteiger charge is -2.20. The molecule has 3 aromatic carbocycles. The van der Waals surface area contributed by atoms with E-state index in [1.54, 1.807) is 0 Å². The van der Waals surface area contributed by atoms with Crippen LogP contribution in [0.3, 0.4) is 0 Å². The largest absolute Gasteiger partial charge is 0.257 e. The molecule has 1 aliphatic carbocycles. The minimum atomic E-state index is 0.108. The Kier molecular flexibility index (Phi) is 4.46. The highest BCUT2D eigenvalue weighted by atomic mass is 14.8. The van der Waals surface area contributed by atoms with Gasteiger partial charge in [0.05, 0.1) is 5.69 Å². The van der Waals surface area contributed by atoms with Crippen LogP contribution in [0, 0.1) is 13.8 Å². The zero-order valence-electron chi connectivity index (χ0n) is 15.6. The molecular formula is C25H25N. The fourth-order valence-electron chi connectivity index (χ4n) is 3.62. The Labute approximate surface area is 156 Å². The first-order valence-electron chi connectivity index (χ1n) is 9.41. The normalized spacial score (nSPS) is 15.7. The van der Waals surface area contributed by atoms with Gasteiger partial charge >= 0.3 is 0 Å². The molecule has 26 heavy (non-hydrogen) atoms. The summed E-state index contributed by atoms with van der Waals surface area (Å²) in [4.78, 5) is 5.14. The molecule has 0 aromatic heterocycles. The Morgan fingerprint density at radius 3 is 1.92 bits per heavy atom. The molecule has 0 spiro atoms. The van der Waals surface area contributed by atoms with Crippen molar-refractivity contribution in [2.75, 3.05) is 0 Å². The van der Waals surface area contributed by atoms with Gasteiger partial charge in [0, 0.05) is 17.5 Å². The van der Waals surface area contributed by atoms with Gasteiger partial charge in [-0.15, -0.1) is 0 Å². The summed E-state index contributed by atoms with van der Waals surface area (Å²) < 4.78 is 0. The van der Waals surface area contributed by atoms with Gasteiger partial charge in [-0.1, -0.05) is 77.9 Å². The van der Waals surface area contributed by atoms with Crippen molar-refractivity contribution in [3.8, 4) is 0 Å². The van der Waals surface area contributed by atoms with Crippen molar-refractivity contribution < 1.29 is 0 Å². The number of nitrogens with zero attached hydrogens (tertiary/aromatic N) is 1. The van der Waals surface area contributed by atoms with Crippen LogP contribution in [-0.4, -0.2) is 5.71 Å². The highest BCUT2D eigenvalue weighted by molar-refractivity contribution is 6.00. The molecule has 0 amide bonds. The molecule has 0 bridgehead atoms. The lowest BCUT2D eigenvalue weighted by Crippen LogP contribution is -2.22. The van der Waals surface area contributed by atoms with E-state index in [2.05, 4.69) is 92.7 Å². The third-order valence-corrected chi connectivity index (χ3v) is 5.42. The van der Waals surface area contributed by atoms with Crippen LogP contribution < -0.4 is 0 Å². The van der Waals surface area contributed by atoms with Gasteiger partial charge in [0.2, 0.25) is 0 Å². The molecule has 0 radical (unpaired) electrons. The molecule has 4 rings (SSSR count). The minimum Gasteiger partial charge on any atom is -0.257 e. The molecule has 3 aromatic rings. The van der Waals surface area contributed by atoms with Crippen molar-refractivity contribution in [3.05, 3.63) is 101 Å². The summed E-state index contributed by atoms with van der Waals surface area (Å²) in [7, 11) is 0. The molecule has 0 N–H and O–H groups in total. The summed E-state index contributed by atoms with van der Waals surface area (Å²) in [6.07, 6.45) is 3.28. The second-order valence-electron chi connectivity index (χ2n) is 7.50. The highest BCUT2D eigenvalue weighted by Crippen LogP contribution is 2.50. The molecule has 130 valence electrons.